The lowest BCUT2D eigenvalue weighted by molar-refractivity contribution is -0.153. The van der Waals surface area contributed by atoms with Crippen LogP contribution in [0.1, 0.15) is 78.9 Å². The van der Waals surface area contributed by atoms with Gasteiger partial charge in [-0.1, -0.05) is 29.4 Å². The summed E-state index contributed by atoms with van der Waals surface area (Å²) in [5.74, 6) is -1.33. The van der Waals surface area contributed by atoms with Gasteiger partial charge in [-0.05, 0) is 104 Å². The Morgan fingerprint density at radius 1 is 0.981 bits per heavy atom. The zero-order valence-corrected chi connectivity index (χ0v) is 33.1. The van der Waals surface area contributed by atoms with Gasteiger partial charge in [0.05, 0.1) is 12.0 Å². The molecule has 0 fully saturated rings. The van der Waals surface area contributed by atoms with Crippen LogP contribution < -0.4 is 10.0 Å². The molecule has 0 aliphatic carbocycles. The minimum absolute atomic E-state index is 0.0239. The van der Waals surface area contributed by atoms with Crippen molar-refractivity contribution in [2.75, 3.05) is 40.3 Å². The summed E-state index contributed by atoms with van der Waals surface area (Å²) in [6.07, 6.45) is 3.32. The van der Waals surface area contributed by atoms with Gasteiger partial charge in [0.15, 0.2) is 0 Å². The van der Waals surface area contributed by atoms with E-state index in [0.717, 1.165) is 29.7 Å². The van der Waals surface area contributed by atoms with Crippen LogP contribution >= 0.6 is 0 Å². The Labute approximate surface area is 312 Å². The summed E-state index contributed by atoms with van der Waals surface area (Å²) >= 11 is 0. The molecule has 1 aromatic rings. The highest BCUT2D eigenvalue weighted by molar-refractivity contribution is 7.89. The lowest BCUT2D eigenvalue weighted by Crippen LogP contribution is -2.55. The Hall–Kier alpha value is -4.28. The third-order valence-corrected chi connectivity index (χ3v) is 10.2. The third-order valence-electron chi connectivity index (χ3n) is 8.77. The second-order valence-electron chi connectivity index (χ2n) is 15.7. The molecule has 0 unspecified atom stereocenters. The fourth-order valence-electron chi connectivity index (χ4n) is 6.29. The Kier molecular flexibility index (Phi) is 13.2. The van der Waals surface area contributed by atoms with E-state index >= 15 is 0 Å². The zero-order chi connectivity index (χ0) is 39.3. The predicted octanol–water partition coefficient (Wildman–Crippen LogP) is 3.88. The van der Waals surface area contributed by atoms with E-state index in [4.69, 9.17) is 14.2 Å². The maximum atomic E-state index is 14.4. The fraction of sp³-hybridized carbons (Fsp3) is 0.595. The number of alkyl carbamates (subject to hydrolysis) is 1. The summed E-state index contributed by atoms with van der Waals surface area (Å²) in [6.45, 7) is 14.0. The van der Waals surface area contributed by atoms with Crippen molar-refractivity contribution in [3.05, 3.63) is 52.6 Å². The average Bonchev–Trinajstić information content (AvgIpc) is 3.05. The number of fused-ring (bicyclic) bond motifs is 1. The molecule has 0 aromatic heterocycles. The number of esters is 1. The van der Waals surface area contributed by atoms with Crippen LogP contribution in [0, 0.1) is 0 Å². The lowest BCUT2D eigenvalue weighted by Gasteiger charge is -2.36. The molecule has 0 saturated carbocycles. The molecular weight excluding hydrogens is 705 g/mol. The molecule has 292 valence electrons. The molecule has 3 aliphatic heterocycles. The van der Waals surface area contributed by atoms with Gasteiger partial charge < -0.3 is 28.9 Å². The second kappa shape index (κ2) is 16.8. The molecule has 2 N–H and O–H groups in total. The first-order valence-corrected chi connectivity index (χ1v) is 19.2. The molecule has 1 aromatic carbocycles. The molecule has 15 nitrogen and oxygen atoms in total. The van der Waals surface area contributed by atoms with E-state index < -0.39 is 57.4 Å². The van der Waals surface area contributed by atoms with E-state index in [2.05, 4.69) is 19.9 Å². The van der Waals surface area contributed by atoms with Crippen LogP contribution in [0.15, 0.2) is 51.4 Å². The van der Waals surface area contributed by atoms with Crippen molar-refractivity contribution in [2.24, 2.45) is 4.99 Å². The number of rotatable bonds is 7. The van der Waals surface area contributed by atoms with Gasteiger partial charge in [-0.15, -0.1) is 4.99 Å². The molecule has 53 heavy (non-hydrogen) atoms. The van der Waals surface area contributed by atoms with Gasteiger partial charge in [-0.2, -0.15) is 4.72 Å². The van der Waals surface area contributed by atoms with Crippen molar-refractivity contribution in [3.8, 4) is 0 Å². The van der Waals surface area contributed by atoms with Gasteiger partial charge in [0.1, 0.15) is 23.3 Å². The molecule has 2 atom stereocenters. The number of aliphatic imine (C=N–C) groups is 1. The highest BCUT2D eigenvalue weighted by Crippen LogP contribution is 2.26. The van der Waals surface area contributed by atoms with Crippen molar-refractivity contribution < 1.29 is 41.8 Å². The Morgan fingerprint density at radius 3 is 2.34 bits per heavy atom. The molecule has 0 spiro atoms. The summed E-state index contributed by atoms with van der Waals surface area (Å²) in [7, 11) is -1.03. The topological polar surface area (TPSA) is 176 Å². The van der Waals surface area contributed by atoms with Gasteiger partial charge in [-0.25, -0.2) is 22.8 Å². The number of hydrogen-bond acceptors (Lipinski definition) is 10. The number of carbonyl (C=O) groups excluding carboxylic acids is 4. The molecule has 4 rings (SSSR count). The van der Waals surface area contributed by atoms with Gasteiger partial charge in [-0.3, -0.25) is 10.1 Å². The fourth-order valence-corrected chi connectivity index (χ4v) is 7.53. The molecule has 3 heterocycles. The van der Waals surface area contributed by atoms with Crippen molar-refractivity contribution >= 4 is 40.0 Å². The molecule has 0 saturated heterocycles. The summed E-state index contributed by atoms with van der Waals surface area (Å²) in [5.41, 5.74) is 1.81. The maximum Gasteiger partial charge on any atom is 0.437 e. The van der Waals surface area contributed by atoms with E-state index in [1.165, 1.54) is 12.0 Å². The smallest absolute Gasteiger partial charge is 0.437 e. The van der Waals surface area contributed by atoms with E-state index in [0.29, 0.717) is 25.1 Å². The van der Waals surface area contributed by atoms with Crippen molar-refractivity contribution in [1.29, 1.82) is 0 Å². The Bertz CT molecular complexity index is 1770. The highest BCUT2D eigenvalue weighted by Gasteiger charge is 2.39. The number of ether oxygens (including phenoxy) is 3. The van der Waals surface area contributed by atoms with Crippen LogP contribution in [-0.2, 0) is 46.8 Å². The quantitative estimate of drug-likeness (QED) is 0.136. The summed E-state index contributed by atoms with van der Waals surface area (Å²) in [6, 6.07) is 2.73. The minimum atomic E-state index is -4.24. The summed E-state index contributed by atoms with van der Waals surface area (Å²) < 4.78 is 46.6. The summed E-state index contributed by atoms with van der Waals surface area (Å²) in [5, 5.41) is 2.56. The van der Waals surface area contributed by atoms with E-state index in [1.54, 1.807) is 58.6 Å². The monoisotopic (exact) mass is 758 g/mol. The van der Waals surface area contributed by atoms with Crippen molar-refractivity contribution in [3.63, 3.8) is 0 Å². The minimum Gasteiger partial charge on any atom is -0.467 e. The van der Waals surface area contributed by atoms with Crippen LogP contribution in [0.5, 0.6) is 0 Å². The number of nitrogens with one attached hydrogen (secondary N) is 2. The lowest BCUT2D eigenvalue weighted by atomic mass is 9.97. The third kappa shape index (κ3) is 11.9. The van der Waals surface area contributed by atoms with E-state index in [1.807, 2.05) is 32.2 Å². The predicted molar refractivity (Wildman–Crippen MR) is 198 cm³/mol. The number of sulfonamides is 1. The second-order valence-corrected chi connectivity index (χ2v) is 17.4. The van der Waals surface area contributed by atoms with Crippen LogP contribution in [0.25, 0.3) is 0 Å². The Morgan fingerprint density at radius 2 is 1.68 bits per heavy atom. The average molecular weight is 759 g/mol. The van der Waals surface area contributed by atoms with Gasteiger partial charge >= 0.3 is 18.2 Å². The Balaban J connectivity index is 1.67. The number of amides is 3. The van der Waals surface area contributed by atoms with Crippen molar-refractivity contribution in [1.82, 2.24) is 24.7 Å². The van der Waals surface area contributed by atoms with Gasteiger partial charge in [0.2, 0.25) is 21.9 Å². The molecule has 0 radical (unpaired) electrons. The van der Waals surface area contributed by atoms with Crippen LogP contribution in [-0.4, -0.2) is 117 Å². The zero-order valence-electron chi connectivity index (χ0n) is 32.3. The standard InChI is InChI=1S/C37H54N6O9S/c1-24-14-18-43(30(19-24)32(45)50-9)31(44)29(40-53(48,49)28-13-12-26-15-17-41(8)23-27(26)21-28)20-25-11-10-16-42(22-25)33(38-34(46)51-36(2,3)4)39-35(47)52-37(5,6)7/h11-14,21,29-30,40H,10,15-20,22-23H2,1-9H3,(H,38,39,46,47)/t29-,30+/m0/s1. The van der Waals surface area contributed by atoms with Crippen LogP contribution in [0.2, 0.25) is 0 Å². The maximum absolute atomic E-state index is 14.4. The number of carbonyl (C=O) groups is 4. The molecule has 0 bridgehead atoms. The number of benzene rings is 1. The van der Waals surface area contributed by atoms with E-state index in [-0.39, 0.29) is 36.8 Å². The van der Waals surface area contributed by atoms with Crippen LogP contribution in [0.4, 0.5) is 9.59 Å². The molecular formula is C37H54N6O9S. The largest absolute Gasteiger partial charge is 0.467 e. The number of likely N-dealkylation sites (N-methyl/N-ethyl adjacent to an activating group) is 1. The number of methoxy groups -OCH3 is 1. The first kappa shape index (κ1) is 41.5. The van der Waals surface area contributed by atoms with E-state index in [9.17, 15) is 27.6 Å². The number of hydrogen-bond donors (Lipinski definition) is 2. The first-order valence-electron chi connectivity index (χ1n) is 17.8. The molecule has 16 heteroatoms. The first-order chi connectivity index (χ1) is 24.6. The van der Waals surface area contributed by atoms with Crippen LogP contribution in [0.3, 0.4) is 0 Å². The van der Waals surface area contributed by atoms with Crippen molar-refractivity contribution in [2.45, 2.75) is 109 Å². The highest BCUT2D eigenvalue weighted by atomic mass is 32.2. The van der Waals surface area contributed by atoms with Gasteiger partial charge in [0, 0.05) is 32.7 Å². The van der Waals surface area contributed by atoms with Gasteiger partial charge in [0.25, 0.3) is 0 Å². The number of guanidine groups is 1. The SMILES string of the molecule is COC(=O)[C@H]1CC(C)=CCN1C(=O)[C@H](CC1=CCCN(C(=NC(=O)OC(C)(C)C)NC(=O)OC(C)(C)C)C1)NS(=O)(=O)c1ccc2c(c1)CN(C)CC2. The number of nitrogens with zero attached hydrogens (tertiary/aromatic N) is 4. The normalized spacial score (nSPS) is 19.3. The summed E-state index contributed by atoms with van der Waals surface area (Å²) in [4.78, 5) is 62.1. The molecule has 3 amide bonds. The molecule has 3 aliphatic rings.